The molecule has 8 heteroatoms. The molecule has 1 spiro atoms. The van der Waals surface area contributed by atoms with E-state index in [1.807, 2.05) is 24.4 Å². The van der Waals surface area contributed by atoms with Gasteiger partial charge in [0.15, 0.2) is 0 Å². The molecule has 1 aromatic heterocycles. The molecule has 0 radical (unpaired) electrons. The lowest BCUT2D eigenvalue weighted by Gasteiger charge is -2.34. The van der Waals surface area contributed by atoms with Crippen LogP contribution in [0.4, 0.5) is 5.69 Å². The summed E-state index contributed by atoms with van der Waals surface area (Å²) in [5.41, 5.74) is 2.05. The minimum Gasteiger partial charge on any atom is -0.361 e. The maximum atomic E-state index is 14.1. The van der Waals surface area contributed by atoms with Gasteiger partial charge in [-0.05, 0) is 49.1 Å². The van der Waals surface area contributed by atoms with E-state index >= 15 is 0 Å². The number of fused-ring (bicyclic) bond motifs is 5. The second-order valence-electron chi connectivity index (χ2n) is 10.6. The monoisotopic (exact) mass is 502 g/mol. The number of halogens is 1. The number of carbonyl (C=O) groups excluding carboxylic acids is 3. The van der Waals surface area contributed by atoms with Crippen LogP contribution < -0.4 is 10.6 Å². The zero-order valence-corrected chi connectivity index (χ0v) is 20.5. The predicted octanol–water partition coefficient (Wildman–Crippen LogP) is 4.12. The highest BCUT2D eigenvalue weighted by Gasteiger charge is 2.70. The fraction of sp³-hybridized carbons (Fsp3) is 0.393. The van der Waals surface area contributed by atoms with Crippen LogP contribution >= 0.6 is 11.6 Å². The van der Waals surface area contributed by atoms with Crippen molar-refractivity contribution in [2.24, 2.45) is 11.8 Å². The SMILES string of the molecule is O=C1[C@@H]2C(Cc3c[nH]c4ccccc34)NC3(C(=O)Nc4ccc(Cl)cc43)[C@@H]2C(=O)N1C1CCCCC1. The van der Waals surface area contributed by atoms with Crippen molar-refractivity contribution >= 4 is 45.9 Å². The van der Waals surface area contributed by atoms with Crippen molar-refractivity contribution in [3.63, 3.8) is 0 Å². The first-order chi connectivity index (χ1) is 17.5. The minimum atomic E-state index is -1.32. The number of imide groups is 1. The van der Waals surface area contributed by atoms with E-state index in [2.05, 4.69) is 21.7 Å². The number of amides is 3. The van der Waals surface area contributed by atoms with Gasteiger partial charge >= 0.3 is 0 Å². The first-order valence-corrected chi connectivity index (χ1v) is 13.2. The molecule has 36 heavy (non-hydrogen) atoms. The molecule has 1 saturated carbocycles. The fourth-order valence-corrected chi connectivity index (χ4v) is 7.38. The largest absolute Gasteiger partial charge is 0.361 e. The van der Waals surface area contributed by atoms with Gasteiger partial charge in [-0.2, -0.15) is 0 Å². The highest BCUT2D eigenvalue weighted by Crippen LogP contribution is 2.54. The first kappa shape index (κ1) is 22.1. The third kappa shape index (κ3) is 2.93. The molecule has 7 rings (SSSR count). The number of H-pyrrole nitrogens is 1. The summed E-state index contributed by atoms with van der Waals surface area (Å²) < 4.78 is 0. The van der Waals surface area contributed by atoms with Gasteiger partial charge in [0, 0.05) is 45.5 Å². The van der Waals surface area contributed by atoms with Crippen LogP contribution in [0.1, 0.15) is 43.2 Å². The number of nitrogens with one attached hydrogen (secondary N) is 3. The van der Waals surface area contributed by atoms with Crippen molar-refractivity contribution in [3.05, 3.63) is 64.8 Å². The molecule has 3 fully saturated rings. The van der Waals surface area contributed by atoms with Crippen LogP contribution in [0.5, 0.6) is 0 Å². The molecular formula is C28H27ClN4O3. The number of hydrogen-bond acceptors (Lipinski definition) is 4. The number of aromatic amines is 1. The van der Waals surface area contributed by atoms with E-state index < -0.39 is 17.4 Å². The zero-order valence-electron chi connectivity index (χ0n) is 19.7. The Bertz CT molecular complexity index is 1430. The second-order valence-corrected chi connectivity index (χ2v) is 11.0. The quantitative estimate of drug-likeness (QED) is 0.470. The number of nitrogens with zero attached hydrogens (tertiary/aromatic N) is 1. The summed E-state index contributed by atoms with van der Waals surface area (Å²) in [5.74, 6) is -2.09. The zero-order chi connectivity index (χ0) is 24.6. The maximum absolute atomic E-state index is 14.1. The average Bonchev–Trinajstić information content (AvgIpc) is 3.59. The Balaban J connectivity index is 1.36. The topological polar surface area (TPSA) is 94.3 Å². The summed E-state index contributed by atoms with van der Waals surface area (Å²) in [7, 11) is 0. The van der Waals surface area contributed by atoms with Gasteiger partial charge in [-0.15, -0.1) is 0 Å². The van der Waals surface area contributed by atoms with Gasteiger partial charge in [-0.25, -0.2) is 0 Å². The van der Waals surface area contributed by atoms with Crippen LogP contribution in [0.3, 0.4) is 0 Å². The first-order valence-electron chi connectivity index (χ1n) is 12.8. The van der Waals surface area contributed by atoms with Gasteiger partial charge in [0.2, 0.25) is 17.7 Å². The predicted molar refractivity (Wildman–Crippen MR) is 136 cm³/mol. The Morgan fingerprint density at radius 1 is 1.00 bits per heavy atom. The normalized spacial score (nSPS) is 29.9. The Morgan fingerprint density at radius 3 is 2.64 bits per heavy atom. The standard InChI is InChI=1S/C28H27ClN4O3/c29-16-10-11-21-19(13-16)28(27(36)31-21)24-23(25(34)33(26(24)35)17-6-2-1-3-7-17)22(32-28)12-15-14-30-20-9-5-4-8-18(15)20/h4-5,8-11,13-14,17,22-24,30,32H,1-3,6-7,12H2,(H,31,36)/t22?,23-,24+,28?/m1/s1. The summed E-state index contributed by atoms with van der Waals surface area (Å²) in [6, 6.07) is 12.8. The smallest absolute Gasteiger partial charge is 0.250 e. The molecule has 3 amide bonds. The van der Waals surface area contributed by atoms with Crippen LogP contribution in [0, 0.1) is 11.8 Å². The third-order valence-electron chi connectivity index (χ3n) is 8.77. The number of likely N-dealkylation sites (tertiary alicyclic amines) is 1. The van der Waals surface area contributed by atoms with Gasteiger partial charge < -0.3 is 10.3 Å². The molecular weight excluding hydrogens is 476 g/mol. The van der Waals surface area contributed by atoms with Gasteiger partial charge in [0.25, 0.3) is 0 Å². The van der Waals surface area contributed by atoms with Crippen molar-refractivity contribution in [1.82, 2.24) is 15.2 Å². The molecule has 3 N–H and O–H groups in total. The van der Waals surface area contributed by atoms with Crippen LogP contribution in [-0.2, 0) is 26.3 Å². The van der Waals surface area contributed by atoms with E-state index in [9.17, 15) is 14.4 Å². The van der Waals surface area contributed by atoms with Crippen LogP contribution in [-0.4, -0.2) is 39.7 Å². The number of hydrogen-bond donors (Lipinski definition) is 3. The Kier molecular flexibility index (Phi) is 4.85. The molecule has 4 atom stereocenters. The number of rotatable bonds is 3. The Labute approximate surface area is 213 Å². The number of anilines is 1. The molecule has 0 bridgehead atoms. The lowest BCUT2D eigenvalue weighted by atomic mass is 9.76. The molecule has 2 saturated heterocycles. The van der Waals surface area contributed by atoms with E-state index in [1.165, 1.54) is 4.90 Å². The number of benzene rings is 2. The van der Waals surface area contributed by atoms with Gasteiger partial charge in [0.1, 0.15) is 5.54 Å². The Morgan fingerprint density at radius 2 is 1.81 bits per heavy atom. The van der Waals surface area contributed by atoms with Crippen LogP contribution in [0.15, 0.2) is 48.7 Å². The molecule has 2 unspecified atom stereocenters. The Hall–Kier alpha value is -3.16. The summed E-state index contributed by atoms with van der Waals surface area (Å²) in [4.78, 5) is 46.7. The van der Waals surface area contributed by atoms with Crippen molar-refractivity contribution in [3.8, 4) is 0 Å². The van der Waals surface area contributed by atoms with Gasteiger partial charge in [-0.3, -0.25) is 24.6 Å². The van der Waals surface area contributed by atoms with Crippen molar-refractivity contribution < 1.29 is 14.4 Å². The van der Waals surface area contributed by atoms with Gasteiger partial charge in [0.05, 0.1) is 11.8 Å². The molecule has 2 aromatic carbocycles. The average molecular weight is 503 g/mol. The highest BCUT2D eigenvalue weighted by atomic mass is 35.5. The summed E-state index contributed by atoms with van der Waals surface area (Å²) in [6.07, 6.45) is 7.30. The van der Waals surface area contributed by atoms with Crippen LogP contribution in [0.2, 0.25) is 5.02 Å². The maximum Gasteiger partial charge on any atom is 0.250 e. The lowest BCUT2D eigenvalue weighted by molar-refractivity contribution is -0.146. The minimum absolute atomic E-state index is 0.0848. The van der Waals surface area contributed by atoms with Crippen molar-refractivity contribution in [2.75, 3.05) is 5.32 Å². The highest BCUT2D eigenvalue weighted by molar-refractivity contribution is 6.31. The molecule has 7 nitrogen and oxygen atoms in total. The van der Waals surface area contributed by atoms with Crippen molar-refractivity contribution in [2.45, 2.75) is 56.1 Å². The van der Waals surface area contributed by atoms with E-state index in [0.717, 1.165) is 48.6 Å². The van der Waals surface area contributed by atoms with Gasteiger partial charge in [-0.1, -0.05) is 49.1 Å². The number of carbonyl (C=O) groups is 3. The van der Waals surface area contributed by atoms with Crippen LogP contribution in [0.25, 0.3) is 10.9 Å². The molecule has 4 heterocycles. The third-order valence-corrected chi connectivity index (χ3v) is 9.00. The van der Waals surface area contributed by atoms with E-state index in [0.29, 0.717) is 22.7 Å². The summed E-state index contributed by atoms with van der Waals surface area (Å²) in [5, 5.41) is 8.07. The van der Waals surface area contributed by atoms with E-state index in [-0.39, 0.29) is 29.8 Å². The molecule has 3 aromatic rings. The number of aromatic nitrogens is 1. The summed E-state index contributed by atoms with van der Waals surface area (Å²) in [6.45, 7) is 0. The molecule has 3 aliphatic heterocycles. The van der Waals surface area contributed by atoms with E-state index in [4.69, 9.17) is 11.6 Å². The van der Waals surface area contributed by atoms with E-state index in [1.54, 1.807) is 18.2 Å². The van der Waals surface area contributed by atoms with Crippen molar-refractivity contribution in [1.29, 1.82) is 0 Å². The summed E-state index contributed by atoms with van der Waals surface area (Å²) >= 11 is 6.37. The fourth-order valence-electron chi connectivity index (χ4n) is 7.21. The second kappa shape index (κ2) is 7.92. The molecule has 4 aliphatic rings. The number of para-hydroxylation sites is 1. The molecule has 1 aliphatic carbocycles. The molecule has 184 valence electrons. The lowest BCUT2D eigenvalue weighted by Crippen LogP contribution is -2.54.